The van der Waals surface area contributed by atoms with Crippen LogP contribution in [0.25, 0.3) is 23.3 Å². The Labute approximate surface area is 163 Å². The van der Waals surface area contributed by atoms with Crippen LogP contribution in [0, 0.1) is 13.8 Å². The number of carbonyl (C=O) groups is 1. The normalized spacial score (nSPS) is 14.1. The molecule has 0 atom stereocenters. The van der Waals surface area contributed by atoms with Crippen molar-refractivity contribution < 1.29 is 9.32 Å². The highest BCUT2D eigenvalue weighted by atomic mass is 35.5. The fourth-order valence-electron chi connectivity index (χ4n) is 3.57. The van der Waals surface area contributed by atoms with Gasteiger partial charge in [0.2, 0.25) is 5.91 Å². The third kappa shape index (κ3) is 3.17. The van der Waals surface area contributed by atoms with Crippen molar-refractivity contribution in [3.63, 3.8) is 0 Å². The maximum atomic E-state index is 12.3. The van der Waals surface area contributed by atoms with E-state index >= 15 is 0 Å². The van der Waals surface area contributed by atoms with Gasteiger partial charge in [-0.3, -0.25) is 4.79 Å². The molecule has 0 bridgehead atoms. The van der Waals surface area contributed by atoms with Crippen molar-refractivity contribution in [1.29, 1.82) is 0 Å². The van der Waals surface area contributed by atoms with Crippen molar-refractivity contribution in [3.05, 3.63) is 69.6 Å². The molecule has 3 aromatic rings. The van der Waals surface area contributed by atoms with E-state index in [9.17, 15) is 4.79 Å². The van der Waals surface area contributed by atoms with Gasteiger partial charge in [0.25, 0.3) is 0 Å². The maximum absolute atomic E-state index is 12.3. The summed E-state index contributed by atoms with van der Waals surface area (Å²) in [7, 11) is 0. The number of hydrogen-bond acceptors (Lipinski definition) is 3. The Hall–Kier alpha value is -2.85. The van der Waals surface area contributed by atoms with E-state index in [4.69, 9.17) is 16.1 Å². The number of hydrogen-bond donors (Lipinski definition) is 0. The summed E-state index contributed by atoms with van der Waals surface area (Å²) in [6, 6.07) is 11.8. The first-order chi connectivity index (χ1) is 12.9. The zero-order valence-electron chi connectivity index (χ0n) is 15.4. The molecular weight excluding hydrogens is 360 g/mol. The molecule has 1 aromatic heterocycles. The summed E-state index contributed by atoms with van der Waals surface area (Å²) in [5.74, 6) is 0.791. The molecule has 2 heterocycles. The Balaban J connectivity index is 1.87. The van der Waals surface area contributed by atoms with Gasteiger partial charge in [0, 0.05) is 17.5 Å². The Morgan fingerprint density at radius 3 is 2.59 bits per heavy atom. The lowest BCUT2D eigenvalue weighted by Gasteiger charge is -2.26. The van der Waals surface area contributed by atoms with E-state index in [0.717, 1.165) is 45.0 Å². The molecule has 0 saturated heterocycles. The number of rotatable bonds is 1. The first-order valence-electron chi connectivity index (χ1n) is 8.76. The summed E-state index contributed by atoms with van der Waals surface area (Å²) >= 11 is 6.17. The SMILES string of the molecule is CC(=O)N1Cc2ccc(-c3c(C)noc3C)cc2/C=C\c2cc(Cl)ccc21. The molecule has 27 heavy (non-hydrogen) atoms. The van der Waals surface area contributed by atoms with E-state index < -0.39 is 0 Å². The van der Waals surface area contributed by atoms with Crippen LogP contribution in [0.15, 0.2) is 40.9 Å². The third-order valence-electron chi connectivity index (χ3n) is 4.90. The van der Waals surface area contributed by atoms with Gasteiger partial charge in [0.15, 0.2) is 0 Å². The molecule has 1 aliphatic rings. The number of halogens is 1. The van der Waals surface area contributed by atoms with Gasteiger partial charge >= 0.3 is 0 Å². The number of fused-ring (bicyclic) bond motifs is 2. The highest BCUT2D eigenvalue weighted by Gasteiger charge is 2.20. The summed E-state index contributed by atoms with van der Waals surface area (Å²) in [5, 5.41) is 4.70. The summed E-state index contributed by atoms with van der Waals surface area (Å²) < 4.78 is 5.31. The third-order valence-corrected chi connectivity index (χ3v) is 5.13. The Bertz CT molecular complexity index is 1060. The number of nitrogens with zero attached hydrogens (tertiary/aromatic N) is 2. The molecule has 0 fully saturated rings. The van der Waals surface area contributed by atoms with Crippen molar-refractivity contribution in [3.8, 4) is 11.1 Å². The summed E-state index contributed by atoms with van der Waals surface area (Å²) in [6.45, 7) is 5.94. The van der Waals surface area contributed by atoms with Crippen LogP contribution in [-0.4, -0.2) is 11.1 Å². The molecule has 1 amide bonds. The molecule has 4 rings (SSSR count). The molecule has 0 N–H and O–H groups in total. The molecular formula is C22H19ClN2O2. The number of anilines is 1. The van der Waals surface area contributed by atoms with Crippen LogP contribution < -0.4 is 4.90 Å². The fraction of sp³-hybridized carbons (Fsp3) is 0.182. The van der Waals surface area contributed by atoms with Crippen molar-refractivity contribution in [2.45, 2.75) is 27.3 Å². The predicted molar refractivity (Wildman–Crippen MR) is 109 cm³/mol. The average Bonchev–Trinajstić information content (AvgIpc) is 2.95. The standard InChI is InChI=1S/C22H19ClN2O2/c1-13-22(14(2)27-24-13)18-6-7-19-12-25(15(3)26)21-9-8-20(23)11-17(21)5-4-16(19)10-18/h4-11H,12H2,1-3H3/b5-4-. The topological polar surface area (TPSA) is 46.3 Å². The lowest BCUT2D eigenvalue weighted by molar-refractivity contribution is -0.116. The highest BCUT2D eigenvalue weighted by molar-refractivity contribution is 6.30. The van der Waals surface area contributed by atoms with Crippen LogP contribution in [0.5, 0.6) is 0 Å². The van der Waals surface area contributed by atoms with Gasteiger partial charge in [-0.2, -0.15) is 0 Å². The number of aryl methyl sites for hydroxylation is 2. The van der Waals surface area contributed by atoms with Crippen LogP contribution in [0.2, 0.25) is 5.02 Å². The summed E-state index contributed by atoms with van der Waals surface area (Å²) in [5.41, 5.74) is 6.86. The molecule has 0 aliphatic carbocycles. The first kappa shape index (κ1) is 17.6. The van der Waals surface area contributed by atoms with Crippen LogP contribution >= 0.6 is 11.6 Å². The lowest BCUT2D eigenvalue weighted by Crippen LogP contribution is -2.29. The van der Waals surface area contributed by atoms with Crippen LogP contribution in [0.4, 0.5) is 5.69 Å². The quantitative estimate of drug-likeness (QED) is 0.549. The monoisotopic (exact) mass is 378 g/mol. The van der Waals surface area contributed by atoms with E-state index in [1.165, 1.54) is 0 Å². The van der Waals surface area contributed by atoms with Gasteiger partial charge in [0.05, 0.1) is 17.9 Å². The molecule has 5 heteroatoms. The number of aromatic nitrogens is 1. The molecule has 0 saturated carbocycles. The largest absolute Gasteiger partial charge is 0.361 e. The van der Waals surface area contributed by atoms with E-state index in [2.05, 4.69) is 29.4 Å². The lowest BCUT2D eigenvalue weighted by atomic mass is 9.95. The number of carbonyl (C=O) groups excluding carboxylic acids is 1. The summed E-state index contributed by atoms with van der Waals surface area (Å²) in [6.07, 6.45) is 4.08. The molecule has 1 aliphatic heterocycles. The molecule has 2 aromatic carbocycles. The van der Waals surface area contributed by atoms with Crippen molar-refractivity contribution >= 4 is 35.3 Å². The van der Waals surface area contributed by atoms with Gasteiger partial charge in [-0.1, -0.05) is 41.0 Å². The second kappa shape index (κ2) is 6.71. The van der Waals surface area contributed by atoms with Gasteiger partial charge < -0.3 is 9.42 Å². The van der Waals surface area contributed by atoms with E-state index in [-0.39, 0.29) is 5.91 Å². The van der Waals surface area contributed by atoms with Crippen molar-refractivity contribution in [2.24, 2.45) is 0 Å². The molecule has 0 radical (unpaired) electrons. The fourth-order valence-corrected chi connectivity index (χ4v) is 3.75. The van der Waals surface area contributed by atoms with Gasteiger partial charge in [0.1, 0.15) is 5.76 Å². The Kier molecular flexibility index (Phi) is 4.36. The molecule has 0 unspecified atom stereocenters. The van der Waals surface area contributed by atoms with Crippen molar-refractivity contribution in [2.75, 3.05) is 4.90 Å². The summed E-state index contributed by atoms with van der Waals surface area (Å²) in [4.78, 5) is 14.1. The van der Waals surface area contributed by atoms with Gasteiger partial charge in [-0.05, 0) is 60.4 Å². The molecule has 4 nitrogen and oxygen atoms in total. The Morgan fingerprint density at radius 1 is 1.11 bits per heavy atom. The minimum absolute atomic E-state index is 0.00498. The predicted octanol–water partition coefficient (Wildman–Crippen LogP) is 5.65. The van der Waals surface area contributed by atoms with E-state index in [1.807, 2.05) is 38.1 Å². The van der Waals surface area contributed by atoms with Crippen LogP contribution in [-0.2, 0) is 11.3 Å². The average molecular weight is 379 g/mol. The maximum Gasteiger partial charge on any atom is 0.224 e. The second-order valence-electron chi connectivity index (χ2n) is 6.75. The zero-order chi connectivity index (χ0) is 19.1. The zero-order valence-corrected chi connectivity index (χ0v) is 16.2. The van der Waals surface area contributed by atoms with E-state index in [0.29, 0.717) is 11.6 Å². The molecule has 136 valence electrons. The van der Waals surface area contributed by atoms with Crippen LogP contribution in [0.1, 0.15) is 35.1 Å². The van der Waals surface area contributed by atoms with Gasteiger partial charge in [-0.25, -0.2) is 0 Å². The highest BCUT2D eigenvalue weighted by Crippen LogP contribution is 2.34. The van der Waals surface area contributed by atoms with Gasteiger partial charge in [-0.15, -0.1) is 0 Å². The number of benzene rings is 2. The Morgan fingerprint density at radius 2 is 1.89 bits per heavy atom. The number of amides is 1. The minimum Gasteiger partial charge on any atom is -0.361 e. The first-order valence-corrected chi connectivity index (χ1v) is 9.14. The molecule has 0 spiro atoms. The second-order valence-corrected chi connectivity index (χ2v) is 7.19. The minimum atomic E-state index is -0.00498. The van der Waals surface area contributed by atoms with Crippen molar-refractivity contribution in [1.82, 2.24) is 5.16 Å². The van der Waals surface area contributed by atoms with E-state index in [1.54, 1.807) is 11.8 Å². The van der Waals surface area contributed by atoms with Crippen LogP contribution in [0.3, 0.4) is 0 Å². The smallest absolute Gasteiger partial charge is 0.224 e.